The van der Waals surface area contributed by atoms with Crippen LogP contribution in [0.3, 0.4) is 0 Å². The van der Waals surface area contributed by atoms with Gasteiger partial charge in [-0.05, 0) is 37.4 Å². The van der Waals surface area contributed by atoms with Crippen LogP contribution >= 0.6 is 0 Å². The lowest BCUT2D eigenvalue weighted by Gasteiger charge is -2.23. The van der Waals surface area contributed by atoms with E-state index in [1.54, 1.807) is 0 Å². The molecule has 2 aromatic heterocycles. The van der Waals surface area contributed by atoms with Gasteiger partial charge in [-0.1, -0.05) is 13.8 Å². The second-order valence-electron chi connectivity index (χ2n) is 5.86. The number of nitrogens with zero attached hydrogens (tertiary/aromatic N) is 3. The average molecular weight is 258 g/mol. The van der Waals surface area contributed by atoms with Crippen molar-refractivity contribution in [3.05, 3.63) is 24.2 Å². The van der Waals surface area contributed by atoms with E-state index >= 15 is 0 Å². The molecule has 1 unspecified atom stereocenters. The van der Waals surface area contributed by atoms with Gasteiger partial charge in [0.2, 0.25) is 0 Å². The van der Waals surface area contributed by atoms with Crippen LogP contribution in [0.1, 0.15) is 38.4 Å². The number of pyridine rings is 1. The van der Waals surface area contributed by atoms with Crippen LogP contribution in [-0.2, 0) is 6.54 Å². The van der Waals surface area contributed by atoms with Crippen molar-refractivity contribution in [3.8, 4) is 0 Å². The van der Waals surface area contributed by atoms with E-state index < -0.39 is 0 Å². The molecule has 0 saturated carbocycles. The van der Waals surface area contributed by atoms with Gasteiger partial charge in [0.25, 0.3) is 0 Å². The fourth-order valence-electron chi connectivity index (χ4n) is 2.91. The molecular formula is C15H22N4. The van der Waals surface area contributed by atoms with E-state index in [1.165, 1.54) is 18.7 Å². The van der Waals surface area contributed by atoms with Gasteiger partial charge in [-0.2, -0.15) is 0 Å². The van der Waals surface area contributed by atoms with Gasteiger partial charge in [0.1, 0.15) is 11.3 Å². The summed E-state index contributed by atoms with van der Waals surface area (Å²) in [7, 11) is 0. The summed E-state index contributed by atoms with van der Waals surface area (Å²) in [5, 5.41) is 3.48. The average Bonchev–Trinajstić information content (AvgIpc) is 2.78. The zero-order chi connectivity index (χ0) is 13.2. The van der Waals surface area contributed by atoms with Crippen molar-refractivity contribution in [1.82, 2.24) is 19.9 Å². The zero-order valence-corrected chi connectivity index (χ0v) is 11.8. The maximum absolute atomic E-state index is 4.85. The fourth-order valence-corrected chi connectivity index (χ4v) is 2.91. The van der Waals surface area contributed by atoms with Crippen LogP contribution in [-0.4, -0.2) is 27.6 Å². The van der Waals surface area contributed by atoms with E-state index in [-0.39, 0.29) is 0 Å². The van der Waals surface area contributed by atoms with E-state index in [9.17, 15) is 0 Å². The Hall–Kier alpha value is -1.42. The Balaban J connectivity index is 2.05. The van der Waals surface area contributed by atoms with Crippen molar-refractivity contribution in [1.29, 1.82) is 0 Å². The van der Waals surface area contributed by atoms with Gasteiger partial charge in [-0.3, -0.25) is 0 Å². The van der Waals surface area contributed by atoms with E-state index in [1.807, 2.05) is 12.3 Å². The van der Waals surface area contributed by atoms with Crippen LogP contribution in [0.15, 0.2) is 18.3 Å². The molecule has 1 aliphatic heterocycles. The highest BCUT2D eigenvalue weighted by atomic mass is 15.1. The Morgan fingerprint density at radius 2 is 2.37 bits per heavy atom. The molecule has 1 atom stereocenters. The number of aromatic nitrogens is 3. The minimum absolute atomic E-state index is 0.529. The lowest BCUT2D eigenvalue weighted by Crippen LogP contribution is -2.30. The summed E-state index contributed by atoms with van der Waals surface area (Å²) in [5.74, 6) is 2.35. The first-order valence-electron chi connectivity index (χ1n) is 7.27. The van der Waals surface area contributed by atoms with E-state index in [0.717, 1.165) is 30.8 Å². The van der Waals surface area contributed by atoms with E-state index in [0.29, 0.717) is 11.8 Å². The highest BCUT2D eigenvalue weighted by Crippen LogP contribution is 2.26. The predicted molar refractivity (Wildman–Crippen MR) is 77.2 cm³/mol. The summed E-state index contributed by atoms with van der Waals surface area (Å²) in [5.41, 5.74) is 2.07. The minimum Gasteiger partial charge on any atom is -0.316 e. The SMILES string of the molecule is CC(C)Cn1c(C2CCCNC2)nc2cccnc21. The van der Waals surface area contributed by atoms with Gasteiger partial charge < -0.3 is 9.88 Å². The molecule has 1 aliphatic rings. The Labute approximate surface area is 114 Å². The minimum atomic E-state index is 0.529. The molecule has 4 heteroatoms. The molecule has 3 rings (SSSR count). The van der Waals surface area contributed by atoms with Crippen molar-refractivity contribution >= 4 is 11.2 Å². The monoisotopic (exact) mass is 258 g/mol. The van der Waals surface area contributed by atoms with Gasteiger partial charge in [-0.15, -0.1) is 0 Å². The van der Waals surface area contributed by atoms with Crippen LogP contribution in [0.4, 0.5) is 0 Å². The first-order valence-corrected chi connectivity index (χ1v) is 7.27. The van der Waals surface area contributed by atoms with Crippen molar-refractivity contribution in [2.75, 3.05) is 13.1 Å². The van der Waals surface area contributed by atoms with Crippen LogP contribution in [0, 0.1) is 5.92 Å². The summed E-state index contributed by atoms with van der Waals surface area (Å²) >= 11 is 0. The quantitative estimate of drug-likeness (QED) is 0.920. The molecular weight excluding hydrogens is 236 g/mol. The molecule has 0 aromatic carbocycles. The highest BCUT2D eigenvalue weighted by molar-refractivity contribution is 5.71. The second kappa shape index (κ2) is 5.29. The molecule has 3 heterocycles. The fraction of sp³-hybridized carbons (Fsp3) is 0.600. The number of imidazole rings is 1. The number of fused-ring (bicyclic) bond motifs is 1. The Morgan fingerprint density at radius 3 is 3.11 bits per heavy atom. The molecule has 0 radical (unpaired) electrons. The summed E-state index contributed by atoms with van der Waals surface area (Å²) in [6.45, 7) is 7.68. The number of hydrogen-bond donors (Lipinski definition) is 1. The number of nitrogens with one attached hydrogen (secondary N) is 1. The molecule has 0 bridgehead atoms. The molecule has 4 nitrogen and oxygen atoms in total. The first kappa shape index (κ1) is 12.6. The van der Waals surface area contributed by atoms with Crippen molar-refractivity contribution in [2.24, 2.45) is 5.92 Å². The third kappa shape index (κ3) is 2.50. The van der Waals surface area contributed by atoms with E-state index in [4.69, 9.17) is 4.98 Å². The molecule has 1 saturated heterocycles. The Morgan fingerprint density at radius 1 is 1.47 bits per heavy atom. The maximum atomic E-state index is 4.85. The van der Waals surface area contributed by atoms with E-state index in [2.05, 4.69) is 34.8 Å². The topological polar surface area (TPSA) is 42.7 Å². The zero-order valence-electron chi connectivity index (χ0n) is 11.8. The summed E-state index contributed by atoms with van der Waals surface area (Å²) in [6, 6.07) is 4.04. The molecule has 0 amide bonds. The normalized spacial score (nSPS) is 20.3. The van der Waals surface area contributed by atoms with Crippen LogP contribution < -0.4 is 5.32 Å². The van der Waals surface area contributed by atoms with Gasteiger partial charge in [0, 0.05) is 25.2 Å². The summed E-state index contributed by atoms with van der Waals surface area (Å²) in [4.78, 5) is 9.38. The van der Waals surface area contributed by atoms with Gasteiger partial charge in [-0.25, -0.2) is 9.97 Å². The van der Waals surface area contributed by atoms with Crippen LogP contribution in [0.2, 0.25) is 0 Å². The Bertz CT molecular complexity index is 552. The number of piperidine rings is 1. The molecule has 1 fully saturated rings. The van der Waals surface area contributed by atoms with Crippen molar-refractivity contribution in [2.45, 2.75) is 39.2 Å². The van der Waals surface area contributed by atoms with Crippen LogP contribution in [0.5, 0.6) is 0 Å². The lowest BCUT2D eigenvalue weighted by molar-refractivity contribution is 0.420. The summed E-state index contributed by atoms with van der Waals surface area (Å²) in [6.07, 6.45) is 4.33. The molecule has 0 aliphatic carbocycles. The maximum Gasteiger partial charge on any atom is 0.160 e. The third-order valence-electron chi connectivity index (χ3n) is 3.74. The molecule has 1 N–H and O–H groups in total. The third-order valence-corrected chi connectivity index (χ3v) is 3.74. The van der Waals surface area contributed by atoms with Gasteiger partial charge in [0.05, 0.1) is 0 Å². The smallest absolute Gasteiger partial charge is 0.160 e. The summed E-state index contributed by atoms with van der Waals surface area (Å²) < 4.78 is 2.33. The Kier molecular flexibility index (Phi) is 3.51. The van der Waals surface area contributed by atoms with Crippen LogP contribution in [0.25, 0.3) is 11.2 Å². The predicted octanol–water partition coefficient (Wildman–Crippen LogP) is 2.55. The molecule has 19 heavy (non-hydrogen) atoms. The second-order valence-corrected chi connectivity index (χ2v) is 5.86. The van der Waals surface area contributed by atoms with Gasteiger partial charge >= 0.3 is 0 Å². The first-order chi connectivity index (χ1) is 9.25. The highest BCUT2D eigenvalue weighted by Gasteiger charge is 2.22. The molecule has 2 aromatic rings. The van der Waals surface area contributed by atoms with Crippen molar-refractivity contribution < 1.29 is 0 Å². The standard InChI is InChI=1S/C15H22N4/c1-11(2)10-19-14(12-5-3-7-16-9-12)18-13-6-4-8-17-15(13)19/h4,6,8,11-12,16H,3,5,7,9-10H2,1-2H3. The molecule has 102 valence electrons. The number of rotatable bonds is 3. The van der Waals surface area contributed by atoms with Gasteiger partial charge in [0.15, 0.2) is 5.65 Å². The number of hydrogen-bond acceptors (Lipinski definition) is 3. The van der Waals surface area contributed by atoms with Crippen molar-refractivity contribution in [3.63, 3.8) is 0 Å². The largest absolute Gasteiger partial charge is 0.316 e. The molecule has 0 spiro atoms. The lowest BCUT2D eigenvalue weighted by atomic mass is 9.98.